The quantitative estimate of drug-likeness (QED) is 0.573. The van der Waals surface area contributed by atoms with Crippen molar-refractivity contribution in [3.63, 3.8) is 0 Å². The Hall–Kier alpha value is -3.49. The molecule has 174 valence electrons. The second kappa shape index (κ2) is 9.97. The van der Waals surface area contributed by atoms with Crippen LogP contribution in [0.15, 0.2) is 42.9 Å². The number of aryl methyl sites for hydroxylation is 1. The van der Waals surface area contributed by atoms with Crippen LogP contribution in [0.1, 0.15) is 62.5 Å². The van der Waals surface area contributed by atoms with Crippen LogP contribution < -0.4 is 10.6 Å². The van der Waals surface area contributed by atoms with Crippen molar-refractivity contribution in [2.45, 2.75) is 58.0 Å². The Morgan fingerprint density at radius 3 is 2.42 bits per heavy atom. The van der Waals surface area contributed by atoms with Crippen LogP contribution >= 0.6 is 0 Å². The third kappa shape index (κ3) is 5.13. The molecule has 0 bridgehead atoms. The number of carbonyl (C=O) groups is 2. The van der Waals surface area contributed by atoms with Crippen LogP contribution in [0.2, 0.25) is 0 Å². The first-order valence-corrected chi connectivity index (χ1v) is 11.5. The molecule has 1 aliphatic carbocycles. The summed E-state index contributed by atoms with van der Waals surface area (Å²) in [6, 6.07) is 8.62. The van der Waals surface area contributed by atoms with Gasteiger partial charge in [0.25, 0.3) is 5.91 Å². The van der Waals surface area contributed by atoms with E-state index in [1.165, 1.54) is 6.42 Å². The van der Waals surface area contributed by atoms with Gasteiger partial charge in [0.05, 0.1) is 0 Å². The van der Waals surface area contributed by atoms with Crippen LogP contribution in [-0.2, 0) is 11.8 Å². The van der Waals surface area contributed by atoms with Gasteiger partial charge in [0.1, 0.15) is 18.1 Å². The predicted octanol–water partition coefficient (Wildman–Crippen LogP) is 3.58. The molecule has 9 nitrogen and oxygen atoms in total. The number of carbonyl (C=O) groups excluding carboxylic acids is 2. The largest absolute Gasteiger partial charge is 0.339 e. The van der Waals surface area contributed by atoms with E-state index in [-0.39, 0.29) is 23.8 Å². The van der Waals surface area contributed by atoms with E-state index in [0.29, 0.717) is 11.4 Å². The molecule has 4 rings (SSSR count). The molecular weight excluding hydrogens is 418 g/mol. The van der Waals surface area contributed by atoms with E-state index >= 15 is 0 Å². The van der Waals surface area contributed by atoms with E-state index in [2.05, 4.69) is 25.9 Å². The molecule has 9 heteroatoms. The maximum absolute atomic E-state index is 13.3. The summed E-state index contributed by atoms with van der Waals surface area (Å²) in [5, 5.41) is 18.3. The molecule has 2 aromatic heterocycles. The van der Waals surface area contributed by atoms with Gasteiger partial charge in [-0.1, -0.05) is 19.3 Å². The molecule has 3 aromatic rings. The van der Waals surface area contributed by atoms with Gasteiger partial charge in [-0.2, -0.15) is 5.10 Å². The van der Waals surface area contributed by atoms with Crippen molar-refractivity contribution in [1.82, 2.24) is 29.9 Å². The number of hydrogen-bond donors (Lipinski definition) is 2. The Kier molecular flexibility index (Phi) is 6.86. The molecule has 2 N–H and O–H groups in total. The summed E-state index contributed by atoms with van der Waals surface area (Å²) >= 11 is 0. The summed E-state index contributed by atoms with van der Waals surface area (Å²) in [5.74, 6) is 0.389. The van der Waals surface area contributed by atoms with E-state index in [0.717, 1.165) is 37.1 Å². The van der Waals surface area contributed by atoms with Crippen LogP contribution in [0.5, 0.6) is 0 Å². The first-order valence-electron chi connectivity index (χ1n) is 11.5. The standard InChI is InChI=1S/C24H31N7O2/c1-16(2)31-20(13-14-26-31)23(32)28-21(17-7-5-4-6-8-17)24(33)27-19-11-9-18(10-12-19)22-29-25-15-30(22)3/h9-17,21H,4-8H2,1-3H3,(H,27,33)(H,28,32). The van der Waals surface area contributed by atoms with Crippen LogP contribution in [0.4, 0.5) is 5.69 Å². The van der Waals surface area contributed by atoms with Gasteiger partial charge in [0, 0.05) is 30.5 Å². The van der Waals surface area contributed by atoms with Crippen molar-refractivity contribution in [2.75, 3.05) is 5.32 Å². The molecular formula is C24H31N7O2. The molecule has 1 saturated carbocycles. The average Bonchev–Trinajstić information content (AvgIpc) is 3.48. The summed E-state index contributed by atoms with van der Waals surface area (Å²) in [7, 11) is 1.88. The average molecular weight is 450 g/mol. The van der Waals surface area contributed by atoms with Gasteiger partial charge in [0.2, 0.25) is 5.91 Å². The number of amides is 2. The molecule has 0 radical (unpaired) electrons. The molecule has 2 heterocycles. The summed E-state index contributed by atoms with van der Waals surface area (Å²) < 4.78 is 3.51. The highest BCUT2D eigenvalue weighted by Gasteiger charge is 2.32. The van der Waals surface area contributed by atoms with Gasteiger partial charge in [0.15, 0.2) is 5.82 Å². The Morgan fingerprint density at radius 2 is 1.79 bits per heavy atom. The lowest BCUT2D eigenvalue weighted by atomic mass is 9.83. The van der Waals surface area contributed by atoms with Gasteiger partial charge >= 0.3 is 0 Å². The fraction of sp³-hybridized carbons (Fsp3) is 0.458. The second-order valence-corrected chi connectivity index (χ2v) is 8.94. The minimum atomic E-state index is -0.605. The second-order valence-electron chi connectivity index (χ2n) is 8.94. The number of aromatic nitrogens is 5. The van der Waals surface area contributed by atoms with E-state index in [4.69, 9.17) is 0 Å². The van der Waals surface area contributed by atoms with Gasteiger partial charge in [-0.25, -0.2) is 0 Å². The topological polar surface area (TPSA) is 107 Å². The Morgan fingerprint density at radius 1 is 1.06 bits per heavy atom. The minimum absolute atomic E-state index is 0.0511. The summed E-state index contributed by atoms with van der Waals surface area (Å²) in [4.78, 5) is 26.4. The SMILES string of the molecule is CC(C)n1nccc1C(=O)NC(C(=O)Nc1ccc(-c2nncn2C)cc1)C1CCCCC1. The van der Waals surface area contributed by atoms with Crippen molar-refractivity contribution >= 4 is 17.5 Å². The predicted molar refractivity (Wildman–Crippen MR) is 126 cm³/mol. The van der Waals surface area contributed by atoms with E-state index in [1.54, 1.807) is 23.3 Å². The first-order chi connectivity index (χ1) is 15.9. The van der Waals surface area contributed by atoms with E-state index in [9.17, 15) is 9.59 Å². The maximum Gasteiger partial charge on any atom is 0.270 e. The molecule has 1 fully saturated rings. The number of nitrogens with zero attached hydrogens (tertiary/aromatic N) is 5. The van der Waals surface area contributed by atoms with Gasteiger partial charge < -0.3 is 15.2 Å². The first kappa shape index (κ1) is 22.7. The van der Waals surface area contributed by atoms with E-state index in [1.807, 2.05) is 49.7 Å². The molecule has 0 saturated heterocycles. The Balaban J connectivity index is 1.50. The fourth-order valence-electron chi connectivity index (χ4n) is 4.45. The van der Waals surface area contributed by atoms with Gasteiger partial charge in [-0.3, -0.25) is 14.3 Å². The highest BCUT2D eigenvalue weighted by atomic mass is 16.2. The lowest BCUT2D eigenvalue weighted by molar-refractivity contribution is -0.119. The molecule has 2 amide bonds. The highest BCUT2D eigenvalue weighted by Crippen LogP contribution is 2.28. The van der Waals surface area contributed by atoms with Crippen LogP contribution in [0, 0.1) is 5.92 Å². The minimum Gasteiger partial charge on any atom is -0.339 e. The van der Waals surface area contributed by atoms with Crippen molar-refractivity contribution in [1.29, 1.82) is 0 Å². The molecule has 1 atom stereocenters. The van der Waals surface area contributed by atoms with Crippen LogP contribution in [0.3, 0.4) is 0 Å². The number of anilines is 1. The van der Waals surface area contributed by atoms with Crippen molar-refractivity contribution in [2.24, 2.45) is 13.0 Å². The summed E-state index contributed by atoms with van der Waals surface area (Å²) in [5.41, 5.74) is 2.05. The normalized spacial score (nSPS) is 15.4. The van der Waals surface area contributed by atoms with Gasteiger partial charge in [-0.05, 0) is 62.9 Å². The number of hydrogen-bond acceptors (Lipinski definition) is 5. The number of benzene rings is 1. The molecule has 1 aliphatic rings. The zero-order valence-corrected chi connectivity index (χ0v) is 19.4. The maximum atomic E-state index is 13.3. The third-order valence-corrected chi connectivity index (χ3v) is 6.20. The lowest BCUT2D eigenvalue weighted by Gasteiger charge is -2.30. The number of rotatable bonds is 7. The molecule has 1 unspecified atom stereocenters. The van der Waals surface area contributed by atoms with E-state index < -0.39 is 6.04 Å². The van der Waals surface area contributed by atoms with Crippen LogP contribution in [0.25, 0.3) is 11.4 Å². The molecule has 1 aromatic carbocycles. The summed E-state index contributed by atoms with van der Waals surface area (Å²) in [6.45, 7) is 3.94. The zero-order chi connectivity index (χ0) is 23.4. The molecule has 0 aliphatic heterocycles. The highest BCUT2D eigenvalue weighted by molar-refractivity contribution is 6.00. The number of nitrogens with one attached hydrogen (secondary N) is 2. The summed E-state index contributed by atoms with van der Waals surface area (Å²) in [6.07, 6.45) is 8.42. The molecule has 0 spiro atoms. The Labute approximate surface area is 193 Å². The Bertz CT molecular complexity index is 1090. The van der Waals surface area contributed by atoms with Crippen molar-refractivity contribution < 1.29 is 9.59 Å². The monoisotopic (exact) mass is 449 g/mol. The smallest absolute Gasteiger partial charge is 0.270 e. The third-order valence-electron chi connectivity index (χ3n) is 6.20. The lowest BCUT2D eigenvalue weighted by Crippen LogP contribution is -2.49. The van der Waals surface area contributed by atoms with Gasteiger partial charge in [-0.15, -0.1) is 10.2 Å². The fourth-order valence-corrected chi connectivity index (χ4v) is 4.45. The van der Waals surface area contributed by atoms with Crippen molar-refractivity contribution in [3.8, 4) is 11.4 Å². The van der Waals surface area contributed by atoms with Crippen LogP contribution in [-0.4, -0.2) is 42.4 Å². The van der Waals surface area contributed by atoms with Crippen molar-refractivity contribution in [3.05, 3.63) is 48.5 Å². The zero-order valence-electron chi connectivity index (χ0n) is 19.4. The molecule has 33 heavy (non-hydrogen) atoms.